The molecule has 10 rings (SSSR count). The predicted molar refractivity (Wildman–Crippen MR) is 227 cm³/mol. The van der Waals surface area contributed by atoms with Gasteiger partial charge in [0.15, 0.2) is 0 Å². The van der Waals surface area contributed by atoms with Crippen LogP contribution in [0, 0.1) is 0 Å². The van der Waals surface area contributed by atoms with E-state index in [0.717, 1.165) is 17.1 Å². The lowest BCUT2D eigenvalue weighted by Crippen LogP contribution is -2.10. The molecular weight excluding hydrogens is 639 g/mol. The van der Waals surface area contributed by atoms with Gasteiger partial charge in [-0.25, -0.2) is 0 Å². The maximum absolute atomic E-state index is 2.43. The molecule has 0 atom stereocenters. The number of benzene rings is 10. The Morgan fingerprint density at radius 1 is 0.264 bits per heavy atom. The van der Waals surface area contributed by atoms with Crippen molar-refractivity contribution in [2.75, 3.05) is 4.90 Å². The average Bonchev–Trinajstić information content (AvgIpc) is 3.24. The molecule has 0 fully saturated rings. The second kappa shape index (κ2) is 13.0. The molecule has 0 aromatic heterocycles. The summed E-state index contributed by atoms with van der Waals surface area (Å²) in [7, 11) is 0. The zero-order chi connectivity index (χ0) is 35.1. The number of nitrogens with zero attached hydrogens (tertiary/aromatic N) is 1. The van der Waals surface area contributed by atoms with Crippen molar-refractivity contribution in [1.82, 2.24) is 0 Å². The quantitative estimate of drug-likeness (QED) is 0.159. The third kappa shape index (κ3) is 5.34. The molecule has 10 aromatic carbocycles. The lowest BCUT2D eigenvalue weighted by atomic mass is 9.89. The minimum absolute atomic E-state index is 1.10. The van der Waals surface area contributed by atoms with Crippen molar-refractivity contribution in [2.24, 2.45) is 0 Å². The summed E-state index contributed by atoms with van der Waals surface area (Å²) >= 11 is 0. The molecule has 1 nitrogen and oxygen atoms in total. The summed E-state index contributed by atoms with van der Waals surface area (Å²) in [6.07, 6.45) is 0. The standard InChI is InChI=1S/C52H35N/c1-3-14-36(15-4-1)37-26-31-41(32-27-37)53(50-25-13-24-49-47-21-10-9-20-45(47)46-22-11-12-23-48(46)52(49)50)42-33-28-40(29-34-42)51-43-19-8-7-18-39(43)30-35-44(51)38-16-5-2-6-17-38/h1-35H. The third-order valence-corrected chi connectivity index (χ3v) is 10.6. The van der Waals surface area contributed by atoms with E-state index >= 15 is 0 Å². The summed E-state index contributed by atoms with van der Waals surface area (Å²) in [5.74, 6) is 0. The van der Waals surface area contributed by atoms with Gasteiger partial charge in [-0.1, -0.05) is 182 Å². The van der Waals surface area contributed by atoms with Crippen LogP contribution in [0.15, 0.2) is 212 Å². The molecule has 0 spiro atoms. The molecule has 0 saturated heterocycles. The van der Waals surface area contributed by atoms with E-state index in [2.05, 4.69) is 217 Å². The van der Waals surface area contributed by atoms with Crippen LogP contribution >= 0.6 is 0 Å². The number of hydrogen-bond donors (Lipinski definition) is 0. The van der Waals surface area contributed by atoms with Crippen LogP contribution < -0.4 is 4.90 Å². The minimum atomic E-state index is 1.10. The van der Waals surface area contributed by atoms with Gasteiger partial charge in [-0.3, -0.25) is 0 Å². The molecule has 0 N–H and O–H groups in total. The van der Waals surface area contributed by atoms with Crippen LogP contribution in [-0.2, 0) is 0 Å². The highest BCUT2D eigenvalue weighted by Crippen LogP contribution is 2.46. The van der Waals surface area contributed by atoms with Gasteiger partial charge in [-0.15, -0.1) is 0 Å². The van der Waals surface area contributed by atoms with E-state index in [9.17, 15) is 0 Å². The number of fused-ring (bicyclic) bond motifs is 7. The van der Waals surface area contributed by atoms with Gasteiger partial charge in [0.2, 0.25) is 0 Å². The lowest BCUT2D eigenvalue weighted by Gasteiger charge is -2.28. The highest BCUT2D eigenvalue weighted by Gasteiger charge is 2.20. The van der Waals surface area contributed by atoms with Gasteiger partial charge < -0.3 is 4.90 Å². The van der Waals surface area contributed by atoms with Gasteiger partial charge in [0.05, 0.1) is 5.69 Å². The largest absolute Gasteiger partial charge is 0.310 e. The summed E-state index contributed by atoms with van der Waals surface area (Å²) in [4.78, 5) is 2.43. The van der Waals surface area contributed by atoms with Crippen molar-refractivity contribution in [2.45, 2.75) is 0 Å². The Labute approximate surface area is 309 Å². The number of anilines is 3. The molecule has 0 amide bonds. The van der Waals surface area contributed by atoms with Crippen molar-refractivity contribution in [3.05, 3.63) is 212 Å². The van der Waals surface area contributed by atoms with Crippen LogP contribution in [0.3, 0.4) is 0 Å². The van der Waals surface area contributed by atoms with Gasteiger partial charge in [-0.2, -0.15) is 0 Å². The normalized spacial score (nSPS) is 11.4. The summed E-state index contributed by atoms with van der Waals surface area (Å²) in [6, 6.07) is 77.2. The molecule has 0 heterocycles. The second-order valence-corrected chi connectivity index (χ2v) is 13.7. The predicted octanol–water partition coefficient (Wildman–Crippen LogP) is 14.8. The highest BCUT2D eigenvalue weighted by atomic mass is 15.1. The van der Waals surface area contributed by atoms with Gasteiger partial charge in [0.25, 0.3) is 0 Å². The van der Waals surface area contributed by atoms with Crippen molar-refractivity contribution in [1.29, 1.82) is 0 Å². The SMILES string of the molecule is c1ccc(-c2ccc(N(c3ccc(-c4c(-c5ccccc5)ccc5ccccc45)cc3)c3cccc4c5ccccc5c5ccccc5c34)cc2)cc1. The summed E-state index contributed by atoms with van der Waals surface area (Å²) < 4.78 is 0. The Morgan fingerprint density at radius 2 is 0.717 bits per heavy atom. The van der Waals surface area contributed by atoms with E-state index in [1.54, 1.807) is 0 Å². The molecule has 0 aliphatic heterocycles. The highest BCUT2D eigenvalue weighted by molar-refractivity contribution is 6.28. The van der Waals surface area contributed by atoms with Crippen molar-refractivity contribution < 1.29 is 0 Å². The molecule has 0 aliphatic carbocycles. The molecule has 0 radical (unpaired) electrons. The lowest BCUT2D eigenvalue weighted by molar-refractivity contribution is 1.30. The fraction of sp³-hybridized carbons (Fsp3) is 0. The number of hydrogen-bond acceptors (Lipinski definition) is 1. The van der Waals surface area contributed by atoms with Gasteiger partial charge >= 0.3 is 0 Å². The monoisotopic (exact) mass is 673 g/mol. The minimum Gasteiger partial charge on any atom is -0.310 e. The summed E-state index contributed by atoms with van der Waals surface area (Å²) in [6.45, 7) is 0. The van der Waals surface area contributed by atoms with E-state index < -0.39 is 0 Å². The van der Waals surface area contributed by atoms with Gasteiger partial charge in [0.1, 0.15) is 0 Å². The van der Waals surface area contributed by atoms with Crippen molar-refractivity contribution >= 4 is 60.2 Å². The average molecular weight is 674 g/mol. The summed E-state index contributed by atoms with van der Waals surface area (Å²) in [5.41, 5.74) is 10.7. The molecule has 0 saturated carbocycles. The molecule has 0 bridgehead atoms. The first-order valence-electron chi connectivity index (χ1n) is 18.3. The second-order valence-electron chi connectivity index (χ2n) is 13.7. The Kier molecular flexibility index (Phi) is 7.55. The zero-order valence-electron chi connectivity index (χ0n) is 29.2. The first-order chi connectivity index (χ1) is 26.3. The Morgan fingerprint density at radius 3 is 1.34 bits per heavy atom. The smallest absolute Gasteiger partial charge is 0.0546 e. The Balaban J connectivity index is 1.20. The van der Waals surface area contributed by atoms with Gasteiger partial charge in [0, 0.05) is 16.8 Å². The van der Waals surface area contributed by atoms with Crippen LogP contribution in [0.5, 0.6) is 0 Å². The molecule has 0 aliphatic rings. The van der Waals surface area contributed by atoms with E-state index in [1.165, 1.54) is 76.5 Å². The van der Waals surface area contributed by atoms with Crippen LogP contribution in [0.25, 0.3) is 76.5 Å². The maximum Gasteiger partial charge on any atom is 0.0546 e. The Hall–Kier alpha value is -6.96. The topological polar surface area (TPSA) is 3.24 Å². The molecule has 53 heavy (non-hydrogen) atoms. The fourth-order valence-electron chi connectivity index (χ4n) is 8.20. The maximum atomic E-state index is 2.43. The Bertz CT molecular complexity index is 2860. The van der Waals surface area contributed by atoms with Crippen molar-refractivity contribution in [3.8, 4) is 33.4 Å². The molecule has 248 valence electrons. The third-order valence-electron chi connectivity index (χ3n) is 10.6. The molecule has 0 unspecified atom stereocenters. The van der Waals surface area contributed by atoms with Crippen LogP contribution in [0.2, 0.25) is 0 Å². The molecule has 10 aromatic rings. The first-order valence-corrected chi connectivity index (χ1v) is 18.3. The van der Waals surface area contributed by atoms with Crippen LogP contribution in [0.4, 0.5) is 17.1 Å². The van der Waals surface area contributed by atoms with Crippen LogP contribution in [0.1, 0.15) is 0 Å². The van der Waals surface area contributed by atoms with Crippen molar-refractivity contribution in [3.63, 3.8) is 0 Å². The molecule has 1 heteroatoms. The number of rotatable bonds is 6. The first kappa shape index (κ1) is 30.8. The van der Waals surface area contributed by atoms with E-state index in [4.69, 9.17) is 0 Å². The zero-order valence-corrected chi connectivity index (χ0v) is 29.2. The van der Waals surface area contributed by atoms with E-state index in [-0.39, 0.29) is 0 Å². The van der Waals surface area contributed by atoms with E-state index in [1.807, 2.05) is 0 Å². The summed E-state index contributed by atoms with van der Waals surface area (Å²) in [5, 5.41) is 10.1. The van der Waals surface area contributed by atoms with Crippen LogP contribution in [-0.4, -0.2) is 0 Å². The van der Waals surface area contributed by atoms with E-state index in [0.29, 0.717) is 0 Å². The molecular formula is C52H35N. The fourth-order valence-corrected chi connectivity index (χ4v) is 8.20. The van der Waals surface area contributed by atoms with Gasteiger partial charge in [-0.05, 0) is 101 Å².